The Morgan fingerprint density at radius 3 is 3.12 bits per heavy atom. The highest BCUT2D eigenvalue weighted by molar-refractivity contribution is 6.28. The minimum Gasteiger partial charge on any atom is -0.381 e. The molecule has 1 aliphatic carbocycles. The van der Waals surface area contributed by atoms with Gasteiger partial charge < -0.3 is 10.1 Å². The van der Waals surface area contributed by atoms with Crippen molar-refractivity contribution in [3.63, 3.8) is 0 Å². The van der Waals surface area contributed by atoms with Gasteiger partial charge in [-0.15, -0.1) is 0 Å². The predicted molar refractivity (Wildman–Crippen MR) is 63.7 cm³/mol. The van der Waals surface area contributed by atoms with Crippen LogP contribution in [0.1, 0.15) is 19.3 Å². The Balaban J connectivity index is 1.53. The Bertz CT molecular complexity index is 331. The van der Waals surface area contributed by atoms with E-state index in [9.17, 15) is 0 Å². The van der Waals surface area contributed by atoms with Gasteiger partial charge in [0.05, 0.1) is 0 Å². The molecular weight excluding hydrogens is 226 g/mol. The summed E-state index contributed by atoms with van der Waals surface area (Å²) in [4.78, 5) is 7.85. The first-order valence-corrected chi connectivity index (χ1v) is 6.02. The monoisotopic (exact) mass is 241 g/mol. The van der Waals surface area contributed by atoms with Gasteiger partial charge in [0, 0.05) is 26.0 Å². The highest BCUT2D eigenvalue weighted by atomic mass is 35.5. The number of rotatable bonds is 7. The molecule has 1 aromatic heterocycles. The molecule has 1 N–H and O–H groups in total. The van der Waals surface area contributed by atoms with Gasteiger partial charge in [0.15, 0.2) is 0 Å². The molecule has 0 atom stereocenters. The lowest BCUT2D eigenvalue weighted by Gasteiger charge is -2.05. The number of nitrogens with one attached hydrogen (secondary N) is 1. The summed E-state index contributed by atoms with van der Waals surface area (Å²) in [5, 5.41) is 3.45. The van der Waals surface area contributed by atoms with E-state index in [1.807, 2.05) is 0 Å². The molecule has 1 aromatic rings. The molecule has 1 saturated carbocycles. The van der Waals surface area contributed by atoms with Crippen LogP contribution in [-0.2, 0) is 4.74 Å². The summed E-state index contributed by atoms with van der Waals surface area (Å²) in [6.07, 6.45) is 5.31. The van der Waals surface area contributed by atoms with Crippen LogP contribution in [0.25, 0.3) is 0 Å². The van der Waals surface area contributed by atoms with Crippen LogP contribution in [0.15, 0.2) is 12.3 Å². The van der Waals surface area contributed by atoms with E-state index in [0.29, 0.717) is 0 Å². The molecule has 0 amide bonds. The fraction of sp³-hybridized carbons (Fsp3) is 0.636. The molecule has 1 heterocycles. The van der Waals surface area contributed by atoms with Crippen molar-refractivity contribution in [3.05, 3.63) is 17.5 Å². The van der Waals surface area contributed by atoms with Crippen LogP contribution in [0, 0.1) is 5.92 Å². The molecule has 88 valence electrons. The van der Waals surface area contributed by atoms with E-state index < -0.39 is 0 Å². The van der Waals surface area contributed by atoms with E-state index in [1.165, 1.54) is 12.8 Å². The Morgan fingerprint density at radius 1 is 1.50 bits per heavy atom. The lowest BCUT2D eigenvalue weighted by Crippen LogP contribution is -2.08. The summed E-state index contributed by atoms with van der Waals surface area (Å²) < 4.78 is 5.52. The third-order valence-corrected chi connectivity index (χ3v) is 2.63. The first kappa shape index (κ1) is 11.6. The van der Waals surface area contributed by atoms with Crippen molar-refractivity contribution in [2.75, 3.05) is 25.1 Å². The Morgan fingerprint density at radius 2 is 2.38 bits per heavy atom. The van der Waals surface area contributed by atoms with Crippen molar-refractivity contribution >= 4 is 17.4 Å². The minimum absolute atomic E-state index is 0.273. The molecular formula is C11H16ClN3O. The van der Waals surface area contributed by atoms with Gasteiger partial charge in [0.1, 0.15) is 5.82 Å². The number of aromatic nitrogens is 2. The van der Waals surface area contributed by atoms with Crippen LogP contribution in [0.5, 0.6) is 0 Å². The van der Waals surface area contributed by atoms with Crippen molar-refractivity contribution in [1.29, 1.82) is 0 Å². The maximum absolute atomic E-state index is 5.66. The Hall–Kier alpha value is -0.870. The zero-order valence-corrected chi connectivity index (χ0v) is 9.91. The van der Waals surface area contributed by atoms with Crippen molar-refractivity contribution in [1.82, 2.24) is 9.97 Å². The van der Waals surface area contributed by atoms with Gasteiger partial charge in [-0.2, -0.15) is 0 Å². The molecule has 0 radical (unpaired) electrons. The Kier molecular flexibility index (Phi) is 4.36. The predicted octanol–water partition coefficient (Wildman–Crippen LogP) is 2.36. The van der Waals surface area contributed by atoms with Crippen LogP contribution >= 0.6 is 11.6 Å². The average Bonchev–Trinajstić information content (AvgIpc) is 3.07. The number of nitrogens with zero attached hydrogens (tertiary/aromatic N) is 2. The van der Waals surface area contributed by atoms with Gasteiger partial charge >= 0.3 is 0 Å². The second-order valence-electron chi connectivity index (χ2n) is 4.01. The van der Waals surface area contributed by atoms with Crippen molar-refractivity contribution < 1.29 is 4.74 Å². The molecule has 2 rings (SSSR count). The van der Waals surface area contributed by atoms with E-state index in [-0.39, 0.29) is 5.28 Å². The second kappa shape index (κ2) is 6.01. The maximum Gasteiger partial charge on any atom is 0.224 e. The summed E-state index contributed by atoms with van der Waals surface area (Å²) in [5.74, 6) is 1.61. The van der Waals surface area contributed by atoms with E-state index in [4.69, 9.17) is 16.3 Å². The first-order chi connectivity index (χ1) is 7.84. The second-order valence-corrected chi connectivity index (χ2v) is 4.35. The van der Waals surface area contributed by atoms with Gasteiger partial charge in [0.25, 0.3) is 0 Å². The highest BCUT2D eigenvalue weighted by Crippen LogP contribution is 2.28. The number of ether oxygens (including phenoxy) is 1. The fourth-order valence-corrected chi connectivity index (χ4v) is 1.51. The average molecular weight is 242 g/mol. The number of anilines is 1. The summed E-state index contributed by atoms with van der Waals surface area (Å²) in [5.41, 5.74) is 0. The molecule has 0 spiro atoms. The van der Waals surface area contributed by atoms with Crippen molar-refractivity contribution in [2.45, 2.75) is 19.3 Å². The van der Waals surface area contributed by atoms with Crippen LogP contribution in [-0.4, -0.2) is 29.7 Å². The van der Waals surface area contributed by atoms with Gasteiger partial charge in [-0.1, -0.05) is 0 Å². The van der Waals surface area contributed by atoms with Crippen molar-refractivity contribution in [2.24, 2.45) is 5.92 Å². The molecule has 0 aliphatic heterocycles. The standard InChI is InChI=1S/C11H16ClN3O/c12-11-14-6-4-10(15-11)13-5-1-7-16-8-9-2-3-9/h4,6,9H,1-3,5,7-8H2,(H,13,14,15). The zero-order chi connectivity index (χ0) is 11.2. The molecule has 0 aromatic carbocycles. The quantitative estimate of drug-likeness (QED) is 0.588. The summed E-state index contributed by atoms with van der Waals surface area (Å²) >= 11 is 5.66. The number of hydrogen-bond donors (Lipinski definition) is 1. The molecule has 0 saturated heterocycles. The summed E-state index contributed by atoms with van der Waals surface area (Å²) in [7, 11) is 0. The first-order valence-electron chi connectivity index (χ1n) is 5.65. The topological polar surface area (TPSA) is 47.0 Å². The van der Waals surface area contributed by atoms with Crippen LogP contribution < -0.4 is 5.32 Å². The number of hydrogen-bond acceptors (Lipinski definition) is 4. The third-order valence-electron chi connectivity index (χ3n) is 2.45. The molecule has 1 aliphatic rings. The molecule has 4 nitrogen and oxygen atoms in total. The van der Waals surface area contributed by atoms with E-state index in [0.717, 1.165) is 37.9 Å². The molecule has 0 bridgehead atoms. The van der Waals surface area contributed by atoms with Crippen LogP contribution in [0.3, 0.4) is 0 Å². The van der Waals surface area contributed by atoms with E-state index >= 15 is 0 Å². The molecule has 5 heteroatoms. The summed E-state index contributed by atoms with van der Waals surface area (Å²) in [6, 6.07) is 1.80. The summed E-state index contributed by atoms with van der Waals surface area (Å²) in [6.45, 7) is 2.58. The van der Waals surface area contributed by atoms with Crippen molar-refractivity contribution in [3.8, 4) is 0 Å². The normalized spacial score (nSPS) is 15.1. The lowest BCUT2D eigenvalue weighted by atomic mass is 10.4. The van der Waals surface area contributed by atoms with Crippen LogP contribution in [0.2, 0.25) is 5.28 Å². The maximum atomic E-state index is 5.66. The smallest absolute Gasteiger partial charge is 0.224 e. The number of halogens is 1. The highest BCUT2D eigenvalue weighted by Gasteiger charge is 2.20. The molecule has 0 unspecified atom stereocenters. The van der Waals surface area contributed by atoms with E-state index in [1.54, 1.807) is 12.3 Å². The molecule has 16 heavy (non-hydrogen) atoms. The SMILES string of the molecule is Clc1nccc(NCCCOCC2CC2)n1. The third kappa shape index (κ3) is 4.33. The van der Waals surface area contributed by atoms with Gasteiger partial charge in [0.2, 0.25) is 5.28 Å². The van der Waals surface area contributed by atoms with E-state index in [2.05, 4.69) is 15.3 Å². The molecule has 1 fully saturated rings. The largest absolute Gasteiger partial charge is 0.381 e. The van der Waals surface area contributed by atoms with Gasteiger partial charge in [-0.3, -0.25) is 0 Å². The van der Waals surface area contributed by atoms with Crippen LogP contribution in [0.4, 0.5) is 5.82 Å². The fourth-order valence-electron chi connectivity index (χ4n) is 1.36. The Labute approximate surface area is 100 Å². The van der Waals surface area contributed by atoms with Gasteiger partial charge in [-0.25, -0.2) is 9.97 Å². The minimum atomic E-state index is 0.273. The zero-order valence-electron chi connectivity index (χ0n) is 9.16. The van der Waals surface area contributed by atoms with Gasteiger partial charge in [-0.05, 0) is 42.8 Å². The lowest BCUT2D eigenvalue weighted by molar-refractivity contribution is 0.124.